The fraction of sp³-hybridized carbons (Fsp3) is 0.200. The van der Waals surface area contributed by atoms with Crippen LogP contribution in [0, 0.1) is 5.82 Å². The molecule has 3 rings (SSSR count). The molecule has 1 aliphatic heterocycles. The molecular formula is C15H14FNO. The standard InChI is InChI=1S/C15H14FNO/c16-11-6-7-14(17)13(9-11)12-5-1-3-10-4-2-8-18-15(10)12/h1,3,5-7,9H,2,4,8,17H2. The van der Waals surface area contributed by atoms with E-state index in [0.717, 1.165) is 24.2 Å². The first kappa shape index (κ1) is 11.1. The Labute approximate surface area is 105 Å². The van der Waals surface area contributed by atoms with Gasteiger partial charge in [-0.3, -0.25) is 0 Å². The highest BCUT2D eigenvalue weighted by Crippen LogP contribution is 2.38. The summed E-state index contributed by atoms with van der Waals surface area (Å²) in [7, 11) is 0. The van der Waals surface area contributed by atoms with E-state index in [1.54, 1.807) is 6.07 Å². The first-order chi connectivity index (χ1) is 8.75. The summed E-state index contributed by atoms with van der Waals surface area (Å²) < 4.78 is 19.1. The van der Waals surface area contributed by atoms with Crippen molar-refractivity contribution < 1.29 is 9.13 Å². The van der Waals surface area contributed by atoms with Crippen LogP contribution in [0.5, 0.6) is 5.75 Å². The highest BCUT2D eigenvalue weighted by atomic mass is 19.1. The molecule has 0 amide bonds. The van der Waals surface area contributed by atoms with Crippen molar-refractivity contribution in [3.05, 3.63) is 47.8 Å². The molecular weight excluding hydrogens is 229 g/mol. The molecule has 0 aromatic heterocycles. The van der Waals surface area contributed by atoms with E-state index >= 15 is 0 Å². The van der Waals surface area contributed by atoms with E-state index in [0.29, 0.717) is 17.9 Å². The van der Waals surface area contributed by atoms with E-state index in [-0.39, 0.29) is 5.82 Å². The van der Waals surface area contributed by atoms with E-state index in [1.165, 1.54) is 17.7 Å². The molecule has 92 valence electrons. The van der Waals surface area contributed by atoms with E-state index < -0.39 is 0 Å². The largest absolute Gasteiger partial charge is 0.493 e. The maximum absolute atomic E-state index is 13.4. The third-order valence-electron chi connectivity index (χ3n) is 3.24. The minimum absolute atomic E-state index is 0.285. The zero-order valence-electron chi connectivity index (χ0n) is 9.95. The van der Waals surface area contributed by atoms with E-state index in [2.05, 4.69) is 0 Å². The van der Waals surface area contributed by atoms with Crippen LogP contribution in [0.3, 0.4) is 0 Å². The molecule has 2 nitrogen and oxygen atoms in total. The van der Waals surface area contributed by atoms with E-state index in [9.17, 15) is 4.39 Å². The van der Waals surface area contributed by atoms with Crippen molar-refractivity contribution in [2.45, 2.75) is 12.8 Å². The fourth-order valence-corrected chi connectivity index (χ4v) is 2.36. The van der Waals surface area contributed by atoms with Crippen molar-refractivity contribution in [1.29, 1.82) is 0 Å². The Morgan fingerprint density at radius 1 is 1.11 bits per heavy atom. The molecule has 0 atom stereocenters. The van der Waals surface area contributed by atoms with Gasteiger partial charge in [-0.2, -0.15) is 0 Å². The van der Waals surface area contributed by atoms with Crippen molar-refractivity contribution in [3.8, 4) is 16.9 Å². The SMILES string of the molecule is Nc1ccc(F)cc1-c1cccc2c1OCCC2. The molecule has 2 N–H and O–H groups in total. The monoisotopic (exact) mass is 243 g/mol. The molecule has 0 spiro atoms. The molecule has 2 aromatic rings. The van der Waals surface area contributed by atoms with Gasteiger partial charge in [0, 0.05) is 16.8 Å². The van der Waals surface area contributed by atoms with Gasteiger partial charge in [-0.15, -0.1) is 0 Å². The number of hydrogen-bond acceptors (Lipinski definition) is 2. The number of anilines is 1. The number of halogens is 1. The Balaban J connectivity index is 2.19. The number of nitrogens with two attached hydrogens (primary N) is 1. The molecule has 0 fully saturated rings. The Morgan fingerprint density at radius 2 is 2.00 bits per heavy atom. The predicted octanol–water partition coefficient (Wildman–Crippen LogP) is 3.40. The number of rotatable bonds is 1. The average Bonchev–Trinajstić information content (AvgIpc) is 2.41. The van der Waals surface area contributed by atoms with Gasteiger partial charge in [0.1, 0.15) is 11.6 Å². The first-order valence-corrected chi connectivity index (χ1v) is 6.06. The lowest BCUT2D eigenvalue weighted by atomic mass is 9.96. The van der Waals surface area contributed by atoms with Crippen LogP contribution in [0.25, 0.3) is 11.1 Å². The summed E-state index contributed by atoms with van der Waals surface area (Å²) in [6.45, 7) is 0.708. The number of ether oxygens (including phenoxy) is 1. The topological polar surface area (TPSA) is 35.2 Å². The Hall–Kier alpha value is -2.03. The number of benzene rings is 2. The quantitative estimate of drug-likeness (QED) is 0.779. The summed E-state index contributed by atoms with van der Waals surface area (Å²) in [6.07, 6.45) is 2.02. The maximum Gasteiger partial charge on any atom is 0.130 e. The predicted molar refractivity (Wildman–Crippen MR) is 70.1 cm³/mol. The Bertz CT molecular complexity index is 595. The summed E-state index contributed by atoms with van der Waals surface area (Å²) >= 11 is 0. The summed E-state index contributed by atoms with van der Waals surface area (Å²) in [5, 5.41) is 0. The molecule has 3 heteroatoms. The lowest BCUT2D eigenvalue weighted by Crippen LogP contribution is -2.09. The molecule has 2 aromatic carbocycles. The van der Waals surface area contributed by atoms with Gasteiger partial charge >= 0.3 is 0 Å². The zero-order chi connectivity index (χ0) is 12.5. The fourth-order valence-electron chi connectivity index (χ4n) is 2.36. The number of fused-ring (bicyclic) bond motifs is 1. The lowest BCUT2D eigenvalue weighted by Gasteiger charge is -2.21. The van der Waals surface area contributed by atoms with Crippen LogP contribution in [-0.2, 0) is 6.42 Å². The normalized spacial score (nSPS) is 13.8. The molecule has 0 aliphatic carbocycles. The Morgan fingerprint density at radius 3 is 2.89 bits per heavy atom. The van der Waals surface area contributed by atoms with Gasteiger partial charge < -0.3 is 10.5 Å². The average molecular weight is 243 g/mol. The molecule has 0 saturated carbocycles. The highest BCUT2D eigenvalue weighted by molar-refractivity contribution is 5.81. The summed E-state index contributed by atoms with van der Waals surface area (Å²) in [4.78, 5) is 0. The molecule has 0 unspecified atom stereocenters. The summed E-state index contributed by atoms with van der Waals surface area (Å²) in [6, 6.07) is 10.4. The molecule has 1 heterocycles. The summed E-state index contributed by atoms with van der Waals surface area (Å²) in [5.74, 6) is 0.564. The minimum atomic E-state index is -0.285. The number of nitrogen functional groups attached to an aromatic ring is 1. The lowest BCUT2D eigenvalue weighted by molar-refractivity contribution is 0.289. The molecule has 0 bridgehead atoms. The van der Waals surface area contributed by atoms with Crippen molar-refractivity contribution in [2.75, 3.05) is 12.3 Å². The van der Waals surface area contributed by atoms with Gasteiger partial charge in [-0.25, -0.2) is 4.39 Å². The van der Waals surface area contributed by atoms with Gasteiger partial charge in [-0.1, -0.05) is 18.2 Å². The second-order valence-electron chi connectivity index (χ2n) is 4.48. The van der Waals surface area contributed by atoms with Crippen LogP contribution < -0.4 is 10.5 Å². The van der Waals surface area contributed by atoms with Gasteiger partial charge in [0.15, 0.2) is 0 Å². The van der Waals surface area contributed by atoms with Crippen LogP contribution in [-0.4, -0.2) is 6.61 Å². The van der Waals surface area contributed by atoms with E-state index in [4.69, 9.17) is 10.5 Å². The smallest absolute Gasteiger partial charge is 0.130 e. The second-order valence-corrected chi connectivity index (χ2v) is 4.48. The van der Waals surface area contributed by atoms with Crippen LogP contribution in [0.15, 0.2) is 36.4 Å². The molecule has 18 heavy (non-hydrogen) atoms. The first-order valence-electron chi connectivity index (χ1n) is 6.06. The Kier molecular flexibility index (Phi) is 2.67. The van der Waals surface area contributed by atoms with Crippen molar-refractivity contribution in [2.24, 2.45) is 0 Å². The van der Waals surface area contributed by atoms with E-state index in [1.807, 2.05) is 18.2 Å². The van der Waals surface area contributed by atoms with Gasteiger partial charge in [0.2, 0.25) is 0 Å². The maximum atomic E-state index is 13.4. The zero-order valence-corrected chi connectivity index (χ0v) is 9.95. The van der Waals surface area contributed by atoms with Crippen LogP contribution in [0.4, 0.5) is 10.1 Å². The second kappa shape index (κ2) is 4.33. The molecule has 0 radical (unpaired) electrons. The third kappa shape index (κ3) is 1.82. The van der Waals surface area contributed by atoms with Gasteiger partial charge in [0.05, 0.1) is 6.61 Å². The minimum Gasteiger partial charge on any atom is -0.493 e. The molecule has 0 saturated heterocycles. The summed E-state index contributed by atoms with van der Waals surface area (Å²) in [5.41, 5.74) is 9.25. The third-order valence-corrected chi connectivity index (χ3v) is 3.24. The van der Waals surface area contributed by atoms with Crippen molar-refractivity contribution in [1.82, 2.24) is 0 Å². The number of aryl methyl sites for hydroxylation is 1. The van der Waals surface area contributed by atoms with Crippen LogP contribution in [0.2, 0.25) is 0 Å². The van der Waals surface area contributed by atoms with Crippen LogP contribution >= 0.6 is 0 Å². The van der Waals surface area contributed by atoms with Crippen LogP contribution in [0.1, 0.15) is 12.0 Å². The highest BCUT2D eigenvalue weighted by Gasteiger charge is 2.17. The van der Waals surface area contributed by atoms with Crippen molar-refractivity contribution in [3.63, 3.8) is 0 Å². The van der Waals surface area contributed by atoms with Gasteiger partial charge in [0.25, 0.3) is 0 Å². The molecule has 1 aliphatic rings. The van der Waals surface area contributed by atoms with Gasteiger partial charge in [-0.05, 0) is 36.6 Å². The van der Waals surface area contributed by atoms with Crippen molar-refractivity contribution >= 4 is 5.69 Å². The number of hydrogen-bond donors (Lipinski definition) is 1. The number of para-hydroxylation sites is 1.